The number of sulfonamides is 1. The third-order valence-corrected chi connectivity index (χ3v) is 5.99. The van der Waals surface area contributed by atoms with Crippen LogP contribution in [0.3, 0.4) is 0 Å². The van der Waals surface area contributed by atoms with Gasteiger partial charge in [0, 0.05) is 25.3 Å². The summed E-state index contributed by atoms with van der Waals surface area (Å²) in [7, 11) is -0.800. The first-order chi connectivity index (χ1) is 14.2. The van der Waals surface area contributed by atoms with Crippen molar-refractivity contribution in [3.8, 4) is 5.69 Å². The Kier molecular flexibility index (Phi) is 5.94. The van der Waals surface area contributed by atoms with Crippen molar-refractivity contribution in [1.82, 2.24) is 24.7 Å². The molecule has 0 aliphatic heterocycles. The summed E-state index contributed by atoms with van der Waals surface area (Å²) in [5.41, 5.74) is 5.31. The Morgan fingerprint density at radius 2 is 1.57 bits per heavy atom. The Morgan fingerprint density at radius 3 is 2.17 bits per heavy atom. The number of amides is 2. The number of nitrogens with one attached hydrogen (secondary N) is 2. The molecular formula is C19H18FN5O4S. The molecule has 2 amide bonds. The van der Waals surface area contributed by atoms with Crippen LogP contribution in [0, 0.1) is 5.82 Å². The highest BCUT2D eigenvalue weighted by Crippen LogP contribution is 2.14. The summed E-state index contributed by atoms with van der Waals surface area (Å²) < 4.78 is 39.7. The van der Waals surface area contributed by atoms with Crippen molar-refractivity contribution >= 4 is 21.8 Å². The van der Waals surface area contributed by atoms with Gasteiger partial charge in [-0.2, -0.15) is 0 Å². The van der Waals surface area contributed by atoms with E-state index in [9.17, 15) is 22.4 Å². The summed E-state index contributed by atoms with van der Waals surface area (Å²) >= 11 is 0. The number of aromatic nitrogens is 2. The molecule has 3 aromatic rings. The maximum Gasteiger partial charge on any atom is 0.288 e. The highest BCUT2D eigenvalue weighted by molar-refractivity contribution is 7.89. The fourth-order valence-electron chi connectivity index (χ4n) is 2.51. The van der Waals surface area contributed by atoms with E-state index in [1.54, 1.807) is 0 Å². The SMILES string of the molecule is CN(C)S(=O)(=O)c1ccc(C(=O)NNC(=O)c2cncn2-c2ccc(F)cc2)cc1. The molecule has 2 aromatic carbocycles. The van der Waals surface area contributed by atoms with E-state index in [2.05, 4.69) is 15.8 Å². The van der Waals surface area contributed by atoms with Crippen molar-refractivity contribution in [2.75, 3.05) is 14.1 Å². The van der Waals surface area contributed by atoms with Crippen molar-refractivity contribution in [1.29, 1.82) is 0 Å². The van der Waals surface area contributed by atoms with E-state index in [0.717, 1.165) is 4.31 Å². The number of hydrogen-bond donors (Lipinski definition) is 2. The quantitative estimate of drug-likeness (QED) is 0.592. The predicted molar refractivity (Wildman–Crippen MR) is 106 cm³/mol. The summed E-state index contributed by atoms with van der Waals surface area (Å²) in [5, 5.41) is 0. The second-order valence-corrected chi connectivity index (χ2v) is 8.50. The number of benzene rings is 2. The molecule has 156 valence electrons. The predicted octanol–water partition coefficient (Wildman–Crippen LogP) is 1.34. The first kappa shape index (κ1) is 21.1. The molecule has 0 atom stereocenters. The van der Waals surface area contributed by atoms with Gasteiger partial charge in [0.25, 0.3) is 11.8 Å². The molecule has 30 heavy (non-hydrogen) atoms. The lowest BCUT2D eigenvalue weighted by Crippen LogP contribution is -2.42. The molecule has 11 heteroatoms. The number of imidazole rings is 1. The molecule has 0 saturated heterocycles. The lowest BCUT2D eigenvalue weighted by Gasteiger charge is -2.12. The number of hydrogen-bond acceptors (Lipinski definition) is 5. The van der Waals surface area contributed by atoms with Crippen LogP contribution in [0.15, 0.2) is 66.0 Å². The van der Waals surface area contributed by atoms with Gasteiger partial charge >= 0.3 is 0 Å². The van der Waals surface area contributed by atoms with Crippen LogP contribution in [0.5, 0.6) is 0 Å². The highest BCUT2D eigenvalue weighted by atomic mass is 32.2. The number of carbonyl (C=O) groups is 2. The van der Waals surface area contributed by atoms with E-state index in [1.807, 2.05) is 0 Å². The van der Waals surface area contributed by atoms with Crippen LogP contribution < -0.4 is 10.9 Å². The summed E-state index contributed by atoms with van der Waals surface area (Å²) in [6, 6.07) is 10.7. The standard InChI is InChI=1S/C19H18FN5O4S/c1-24(2)30(28,29)16-9-3-13(4-10-16)18(26)22-23-19(27)17-11-21-12-25(17)15-7-5-14(20)6-8-15/h3-12H,1-2H3,(H,22,26)(H,23,27). The fraction of sp³-hybridized carbons (Fsp3) is 0.105. The third-order valence-electron chi connectivity index (χ3n) is 4.16. The second kappa shape index (κ2) is 8.43. The van der Waals surface area contributed by atoms with E-state index in [4.69, 9.17) is 0 Å². The van der Waals surface area contributed by atoms with E-state index in [0.29, 0.717) is 5.69 Å². The van der Waals surface area contributed by atoms with Gasteiger partial charge in [-0.15, -0.1) is 0 Å². The average molecular weight is 431 g/mol. The first-order valence-electron chi connectivity index (χ1n) is 8.61. The van der Waals surface area contributed by atoms with Crippen molar-refractivity contribution in [2.24, 2.45) is 0 Å². The van der Waals surface area contributed by atoms with Gasteiger partial charge in [0.1, 0.15) is 11.5 Å². The lowest BCUT2D eigenvalue weighted by molar-refractivity contribution is 0.0843. The maximum absolute atomic E-state index is 13.1. The van der Waals surface area contributed by atoms with Crippen LogP contribution in [0.2, 0.25) is 0 Å². The minimum absolute atomic E-state index is 0.0382. The van der Waals surface area contributed by atoms with Crippen molar-refractivity contribution < 1.29 is 22.4 Å². The van der Waals surface area contributed by atoms with Gasteiger partial charge < -0.3 is 0 Å². The summed E-state index contributed by atoms with van der Waals surface area (Å²) in [5.74, 6) is -1.69. The van der Waals surface area contributed by atoms with Crippen LogP contribution in [0.4, 0.5) is 4.39 Å². The Bertz CT molecular complexity index is 1170. The van der Waals surface area contributed by atoms with E-state index < -0.39 is 27.7 Å². The second-order valence-electron chi connectivity index (χ2n) is 6.35. The molecule has 0 fully saturated rings. The van der Waals surface area contributed by atoms with Gasteiger partial charge in [-0.25, -0.2) is 22.1 Å². The Labute approximate surface area is 172 Å². The van der Waals surface area contributed by atoms with Crippen LogP contribution >= 0.6 is 0 Å². The number of hydrazine groups is 1. The topological polar surface area (TPSA) is 113 Å². The van der Waals surface area contributed by atoms with Gasteiger partial charge in [-0.05, 0) is 48.5 Å². The van der Waals surface area contributed by atoms with Crippen molar-refractivity contribution in [3.63, 3.8) is 0 Å². The highest BCUT2D eigenvalue weighted by Gasteiger charge is 2.18. The summed E-state index contributed by atoms with van der Waals surface area (Å²) in [6.07, 6.45) is 2.68. The van der Waals surface area contributed by atoms with Gasteiger partial charge in [0.15, 0.2) is 0 Å². The van der Waals surface area contributed by atoms with Gasteiger partial charge in [-0.3, -0.25) is 25.0 Å². The van der Waals surface area contributed by atoms with Gasteiger partial charge in [-0.1, -0.05) is 0 Å². The monoisotopic (exact) mass is 431 g/mol. The average Bonchev–Trinajstić information content (AvgIpc) is 3.22. The zero-order valence-electron chi connectivity index (χ0n) is 16.0. The van der Waals surface area contributed by atoms with E-state index in [1.165, 1.54) is 79.7 Å². The molecule has 0 saturated carbocycles. The summed E-state index contributed by atoms with van der Waals surface area (Å²) in [4.78, 5) is 28.6. The molecule has 1 aromatic heterocycles. The van der Waals surface area contributed by atoms with Crippen LogP contribution in [0.1, 0.15) is 20.8 Å². The molecule has 0 radical (unpaired) electrons. The molecule has 0 aliphatic carbocycles. The van der Waals surface area contributed by atoms with Crippen LogP contribution in [-0.4, -0.2) is 48.2 Å². The van der Waals surface area contributed by atoms with Crippen LogP contribution in [-0.2, 0) is 10.0 Å². The van der Waals surface area contributed by atoms with Gasteiger partial charge in [0.2, 0.25) is 10.0 Å². The fourth-order valence-corrected chi connectivity index (χ4v) is 3.41. The normalized spacial score (nSPS) is 11.3. The molecule has 0 aliphatic rings. The zero-order chi connectivity index (χ0) is 21.9. The minimum Gasteiger partial charge on any atom is -0.295 e. The molecule has 9 nitrogen and oxygen atoms in total. The molecule has 0 spiro atoms. The number of rotatable bonds is 5. The third kappa shape index (κ3) is 4.36. The largest absolute Gasteiger partial charge is 0.295 e. The Balaban J connectivity index is 1.68. The molecule has 3 rings (SSSR count). The number of carbonyl (C=O) groups excluding carboxylic acids is 2. The van der Waals surface area contributed by atoms with Crippen molar-refractivity contribution in [3.05, 3.63) is 78.1 Å². The molecule has 0 bridgehead atoms. The van der Waals surface area contributed by atoms with E-state index in [-0.39, 0.29) is 16.2 Å². The Hall–Kier alpha value is -3.57. The number of halogens is 1. The Morgan fingerprint density at radius 1 is 0.967 bits per heavy atom. The van der Waals surface area contributed by atoms with E-state index >= 15 is 0 Å². The van der Waals surface area contributed by atoms with Gasteiger partial charge in [0.05, 0.1) is 17.4 Å². The first-order valence-corrected chi connectivity index (χ1v) is 10.1. The summed E-state index contributed by atoms with van der Waals surface area (Å²) in [6.45, 7) is 0. The number of nitrogens with zero attached hydrogens (tertiary/aromatic N) is 3. The van der Waals surface area contributed by atoms with Crippen molar-refractivity contribution in [2.45, 2.75) is 4.90 Å². The molecular weight excluding hydrogens is 413 g/mol. The van der Waals surface area contributed by atoms with Crippen LogP contribution in [0.25, 0.3) is 5.69 Å². The molecule has 1 heterocycles. The smallest absolute Gasteiger partial charge is 0.288 e. The lowest BCUT2D eigenvalue weighted by atomic mass is 10.2. The molecule has 0 unspecified atom stereocenters. The maximum atomic E-state index is 13.1. The minimum atomic E-state index is -3.61. The zero-order valence-corrected chi connectivity index (χ0v) is 16.9. The molecule has 2 N–H and O–H groups in total.